The minimum atomic E-state index is -3.51. The van der Waals surface area contributed by atoms with Crippen LogP contribution in [0.15, 0.2) is 53.5 Å². The van der Waals surface area contributed by atoms with Gasteiger partial charge < -0.3 is 0 Å². The first-order valence-corrected chi connectivity index (χ1v) is 7.75. The molecule has 106 valence electrons. The van der Waals surface area contributed by atoms with Crippen LogP contribution in [-0.4, -0.2) is 25.8 Å². The van der Waals surface area contributed by atoms with Crippen LogP contribution in [0.25, 0.3) is 0 Å². The second-order valence-corrected chi connectivity index (χ2v) is 6.21. The number of sulfonamides is 1. The molecule has 20 heavy (non-hydrogen) atoms. The van der Waals surface area contributed by atoms with Gasteiger partial charge in [0.25, 0.3) is 0 Å². The monoisotopic (exact) mass is 289 g/mol. The number of rotatable bonds is 6. The summed E-state index contributed by atoms with van der Waals surface area (Å²) in [6.45, 7) is 4.35. The van der Waals surface area contributed by atoms with E-state index in [0.717, 1.165) is 5.56 Å². The largest absolute Gasteiger partial charge is 0.243 e. The molecule has 0 unspecified atom stereocenters. The van der Waals surface area contributed by atoms with E-state index in [-0.39, 0.29) is 6.54 Å². The smallest absolute Gasteiger partial charge is 0.207 e. The predicted molar refractivity (Wildman–Crippen MR) is 82.7 cm³/mol. The molecule has 3 nitrogen and oxygen atoms in total. The summed E-state index contributed by atoms with van der Waals surface area (Å²) in [4.78, 5) is 0.293. The van der Waals surface area contributed by atoms with E-state index in [9.17, 15) is 8.42 Å². The van der Waals surface area contributed by atoms with E-state index in [2.05, 4.69) is 5.92 Å². The minimum absolute atomic E-state index is 0.255. The normalized spacial score (nSPS) is 12.3. The minimum Gasteiger partial charge on any atom is -0.207 e. The molecule has 0 saturated heterocycles. The summed E-state index contributed by atoms with van der Waals surface area (Å²) < 4.78 is 26.5. The molecule has 0 radical (unpaired) electrons. The molecule has 0 fully saturated rings. The van der Waals surface area contributed by atoms with E-state index in [1.165, 1.54) is 10.4 Å². The molecule has 0 saturated carbocycles. The zero-order valence-corrected chi connectivity index (χ0v) is 12.6. The maximum absolute atomic E-state index is 12.6. The van der Waals surface area contributed by atoms with Crippen LogP contribution in [0.1, 0.15) is 12.5 Å². The lowest BCUT2D eigenvalue weighted by molar-refractivity contribution is 0.473. The topological polar surface area (TPSA) is 37.4 Å². The first-order chi connectivity index (χ1) is 9.52. The molecular weight excluding hydrogens is 270 g/mol. The van der Waals surface area contributed by atoms with E-state index in [0.29, 0.717) is 11.4 Å². The third-order valence-corrected chi connectivity index (χ3v) is 4.57. The molecule has 4 heteroatoms. The summed E-state index contributed by atoms with van der Waals surface area (Å²) in [6, 6.07) is 6.83. The number of aryl methyl sites for hydroxylation is 1. The first kappa shape index (κ1) is 16.2. The highest BCUT2D eigenvalue weighted by Gasteiger charge is 2.22. The van der Waals surface area contributed by atoms with E-state index in [4.69, 9.17) is 6.42 Å². The van der Waals surface area contributed by atoms with Crippen molar-refractivity contribution in [1.29, 1.82) is 0 Å². The van der Waals surface area contributed by atoms with Crippen molar-refractivity contribution in [1.82, 2.24) is 4.31 Å². The van der Waals surface area contributed by atoms with Gasteiger partial charge in [0.05, 0.1) is 4.90 Å². The lowest BCUT2D eigenvalue weighted by atomic mass is 10.2. The maximum Gasteiger partial charge on any atom is 0.243 e. The van der Waals surface area contributed by atoms with Crippen molar-refractivity contribution in [2.45, 2.75) is 18.7 Å². The van der Waals surface area contributed by atoms with E-state index in [1.54, 1.807) is 36.4 Å². The van der Waals surface area contributed by atoms with Gasteiger partial charge in [0.15, 0.2) is 0 Å². The fourth-order valence-corrected chi connectivity index (χ4v) is 2.93. The van der Waals surface area contributed by atoms with Crippen LogP contribution >= 0.6 is 0 Å². The third-order valence-electron chi connectivity index (χ3n) is 2.73. The van der Waals surface area contributed by atoms with Crippen molar-refractivity contribution in [2.75, 3.05) is 13.1 Å². The summed E-state index contributed by atoms with van der Waals surface area (Å²) in [5.74, 6) is 2.36. The number of hydrogen-bond acceptors (Lipinski definition) is 2. The number of benzene rings is 1. The van der Waals surface area contributed by atoms with Crippen molar-refractivity contribution in [2.24, 2.45) is 0 Å². The molecule has 0 heterocycles. The zero-order chi connectivity index (χ0) is 15.0. The van der Waals surface area contributed by atoms with Gasteiger partial charge in [0.2, 0.25) is 10.0 Å². The highest BCUT2D eigenvalue weighted by molar-refractivity contribution is 7.89. The number of hydrogen-bond donors (Lipinski definition) is 0. The van der Waals surface area contributed by atoms with Crippen LogP contribution < -0.4 is 0 Å². The molecule has 0 aliphatic carbocycles. The summed E-state index contributed by atoms with van der Waals surface area (Å²) in [5.41, 5.74) is 1.02. The second kappa shape index (κ2) is 7.68. The molecule has 0 aromatic heterocycles. The Labute approximate surface area is 121 Å². The van der Waals surface area contributed by atoms with Gasteiger partial charge in [0.1, 0.15) is 0 Å². The Hall–Kier alpha value is -1.83. The van der Waals surface area contributed by atoms with Crippen LogP contribution in [0.4, 0.5) is 0 Å². The van der Waals surface area contributed by atoms with Crippen molar-refractivity contribution in [3.8, 4) is 12.3 Å². The molecule has 0 aliphatic heterocycles. The van der Waals surface area contributed by atoms with Gasteiger partial charge in [-0.3, -0.25) is 0 Å². The van der Waals surface area contributed by atoms with E-state index in [1.807, 2.05) is 19.9 Å². The van der Waals surface area contributed by atoms with Gasteiger partial charge in [0, 0.05) is 13.1 Å². The van der Waals surface area contributed by atoms with Gasteiger partial charge >= 0.3 is 0 Å². The second-order valence-electron chi connectivity index (χ2n) is 4.27. The van der Waals surface area contributed by atoms with Crippen molar-refractivity contribution >= 4 is 10.0 Å². The highest BCUT2D eigenvalue weighted by Crippen LogP contribution is 2.16. The van der Waals surface area contributed by atoms with E-state index < -0.39 is 10.0 Å². The van der Waals surface area contributed by atoms with Gasteiger partial charge in [-0.15, -0.1) is 6.42 Å². The fourth-order valence-electron chi connectivity index (χ4n) is 1.59. The van der Waals surface area contributed by atoms with Gasteiger partial charge in [-0.25, -0.2) is 8.42 Å². The summed E-state index contributed by atoms with van der Waals surface area (Å²) >= 11 is 0. The lowest BCUT2D eigenvalue weighted by Gasteiger charge is -2.19. The number of nitrogens with zero attached hydrogens (tertiary/aromatic N) is 1. The zero-order valence-electron chi connectivity index (χ0n) is 11.8. The molecule has 0 aliphatic rings. The Bertz CT molecular complexity index is 619. The van der Waals surface area contributed by atoms with Gasteiger partial charge in [-0.1, -0.05) is 41.8 Å². The number of terminal acetylenes is 1. The molecule has 0 N–H and O–H groups in total. The van der Waals surface area contributed by atoms with E-state index >= 15 is 0 Å². The Morgan fingerprint density at radius 1 is 1.20 bits per heavy atom. The van der Waals surface area contributed by atoms with Gasteiger partial charge in [-0.05, 0) is 32.1 Å². The van der Waals surface area contributed by atoms with Crippen molar-refractivity contribution in [3.05, 3.63) is 54.1 Å². The Kier molecular flexibility index (Phi) is 6.23. The quantitative estimate of drug-likeness (QED) is 0.596. The SMILES string of the molecule is C#C/C=C/CN(C/C=C/C)S(=O)(=O)c1ccc(C)cc1. The maximum atomic E-state index is 12.6. The van der Waals surface area contributed by atoms with Gasteiger partial charge in [-0.2, -0.15) is 4.31 Å². The molecule has 1 aromatic rings. The standard InChI is InChI=1S/C16H19NO2S/c1-4-6-8-14-17(13-7-5-2)20(18,19)16-11-9-15(3)10-12-16/h1,5-12H,13-14H2,2-3H3/b7-5+,8-6+. The molecule has 0 bridgehead atoms. The average molecular weight is 289 g/mol. The Morgan fingerprint density at radius 2 is 1.80 bits per heavy atom. The molecule has 0 spiro atoms. The lowest BCUT2D eigenvalue weighted by Crippen LogP contribution is -2.31. The fraction of sp³-hybridized carbons (Fsp3) is 0.250. The Balaban J connectivity index is 3.06. The molecule has 1 rings (SSSR count). The summed E-state index contributed by atoms with van der Waals surface area (Å²) in [6.07, 6.45) is 11.9. The van der Waals surface area contributed by atoms with Crippen LogP contribution in [0.2, 0.25) is 0 Å². The average Bonchev–Trinajstić information content (AvgIpc) is 2.43. The highest BCUT2D eigenvalue weighted by atomic mass is 32.2. The first-order valence-electron chi connectivity index (χ1n) is 6.31. The molecule has 0 amide bonds. The predicted octanol–water partition coefficient (Wildman–Crippen LogP) is 2.75. The Morgan fingerprint density at radius 3 is 2.35 bits per heavy atom. The van der Waals surface area contributed by atoms with Crippen LogP contribution in [0.5, 0.6) is 0 Å². The van der Waals surface area contributed by atoms with Crippen molar-refractivity contribution in [3.63, 3.8) is 0 Å². The molecular formula is C16H19NO2S. The molecule has 0 atom stereocenters. The van der Waals surface area contributed by atoms with Crippen LogP contribution in [-0.2, 0) is 10.0 Å². The third kappa shape index (κ3) is 4.37. The van der Waals surface area contributed by atoms with Crippen LogP contribution in [0, 0.1) is 19.3 Å². The molecule has 1 aromatic carbocycles. The van der Waals surface area contributed by atoms with Crippen LogP contribution in [0.3, 0.4) is 0 Å². The van der Waals surface area contributed by atoms with Crippen molar-refractivity contribution < 1.29 is 8.42 Å². The summed E-state index contributed by atoms with van der Waals surface area (Å²) in [7, 11) is -3.51. The summed E-state index contributed by atoms with van der Waals surface area (Å²) in [5, 5.41) is 0. The number of allylic oxidation sites excluding steroid dienone is 2.